The van der Waals surface area contributed by atoms with Crippen LogP contribution in [0.4, 0.5) is 5.69 Å². The van der Waals surface area contributed by atoms with Crippen LogP contribution in [0.1, 0.15) is 53.5 Å². The Balaban J connectivity index is 0.000000183. The first-order chi connectivity index (χ1) is 28.8. The molecular formula is C46H40N2O10S2. The molecule has 0 aliphatic rings. The van der Waals surface area contributed by atoms with Crippen LogP contribution in [0.2, 0.25) is 0 Å². The van der Waals surface area contributed by atoms with Gasteiger partial charge in [-0.2, -0.15) is 0 Å². The van der Waals surface area contributed by atoms with E-state index in [9.17, 15) is 42.9 Å². The highest BCUT2D eigenvalue weighted by molar-refractivity contribution is 8.01. The summed E-state index contributed by atoms with van der Waals surface area (Å²) in [7, 11) is -3.96. The van der Waals surface area contributed by atoms with E-state index in [4.69, 9.17) is 5.11 Å². The average Bonchev–Trinajstić information content (AvgIpc) is 3.70. The molecule has 2 unspecified atom stereocenters. The fourth-order valence-electron chi connectivity index (χ4n) is 5.88. The normalized spacial score (nSPS) is 11.8. The number of rotatable bonds is 13. The highest BCUT2D eigenvalue weighted by atomic mass is 32.2. The van der Waals surface area contributed by atoms with Crippen molar-refractivity contribution < 1.29 is 48.0 Å². The number of pyridine rings is 1. The van der Waals surface area contributed by atoms with Crippen LogP contribution in [0.15, 0.2) is 181 Å². The van der Waals surface area contributed by atoms with Crippen LogP contribution in [0, 0.1) is 6.92 Å². The monoisotopic (exact) mass is 844 g/mol. The second-order valence-corrected chi connectivity index (χ2v) is 16.2. The Bertz CT molecular complexity index is 2570. The van der Waals surface area contributed by atoms with Gasteiger partial charge in [-0.05, 0) is 66.1 Å². The van der Waals surface area contributed by atoms with Crippen LogP contribution < -0.4 is 4.31 Å². The van der Waals surface area contributed by atoms with E-state index in [1.807, 2.05) is 49.5 Å². The number of hydrogen-bond donors (Lipinski definition) is 4. The molecule has 12 nitrogen and oxygen atoms in total. The molecule has 2 heterocycles. The molecule has 0 amide bonds. The van der Waals surface area contributed by atoms with Crippen LogP contribution in [0.3, 0.4) is 0 Å². The number of para-hydroxylation sites is 1. The van der Waals surface area contributed by atoms with E-state index in [1.165, 1.54) is 24.3 Å². The van der Waals surface area contributed by atoms with E-state index < -0.39 is 44.4 Å². The van der Waals surface area contributed by atoms with Crippen molar-refractivity contribution in [3.8, 4) is 0 Å². The predicted octanol–water partition coefficient (Wildman–Crippen LogP) is 9.10. The lowest BCUT2D eigenvalue weighted by Gasteiger charge is -2.26. The van der Waals surface area contributed by atoms with Crippen LogP contribution in [-0.2, 0) is 26.2 Å². The number of aromatic carboxylic acids is 2. The van der Waals surface area contributed by atoms with E-state index in [-0.39, 0.29) is 22.7 Å². The smallest absolute Gasteiger partial charge is 0.337 e. The largest absolute Gasteiger partial charge is 0.480 e. The lowest BCUT2D eigenvalue weighted by Crippen LogP contribution is -2.32. The van der Waals surface area contributed by atoms with Gasteiger partial charge in [0.05, 0.1) is 28.3 Å². The van der Waals surface area contributed by atoms with E-state index in [0.29, 0.717) is 16.7 Å². The Kier molecular flexibility index (Phi) is 15.0. The van der Waals surface area contributed by atoms with Gasteiger partial charge in [-0.15, -0.1) is 11.8 Å². The number of anilines is 1. The summed E-state index contributed by atoms with van der Waals surface area (Å²) >= 11 is 0.913. The first-order valence-electron chi connectivity index (χ1n) is 18.2. The van der Waals surface area contributed by atoms with Gasteiger partial charge in [-0.25, -0.2) is 18.0 Å². The maximum absolute atomic E-state index is 13.4. The van der Waals surface area contributed by atoms with Gasteiger partial charge in [0, 0.05) is 17.9 Å². The number of carboxylic acids is 4. The van der Waals surface area contributed by atoms with Crippen LogP contribution in [-0.4, -0.2) is 57.1 Å². The van der Waals surface area contributed by atoms with E-state index in [1.54, 1.807) is 114 Å². The zero-order valence-electron chi connectivity index (χ0n) is 32.1. The number of carboxylic acid groups (broad SMARTS) is 4. The third-order valence-electron chi connectivity index (χ3n) is 8.86. The molecule has 4 N–H and O–H groups in total. The fourth-order valence-corrected chi connectivity index (χ4v) is 8.49. The molecule has 2 aromatic heterocycles. The zero-order chi connectivity index (χ0) is 43.2. The summed E-state index contributed by atoms with van der Waals surface area (Å²) in [5.41, 5.74) is 4.15. The summed E-state index contributed by atoms with van der Waals surface area (Å²) in [6, 6.07) is 46.3. The predicted molar refractivity (Wildman–Crippen MR) is 230 cm³/mol. The number of aryl methyl sites for hydroxylation is 1. The molecule has 60 heavy (non-hydrogen) atoms. The lowest BCUT2D eigenvalue weighted by molar-refractivity contribution is -0.136. The Morgan fingerprint density at radius 3 is 1.62 bits per heavy atom. The number of thioether (sulfide) groups is 1. The minimum atomic E-state index is -3.96. The molecule has 0 spiro atoms. The van der Waals surface area contributed by atoms with Gasteiger partial charge in [0.1, 0.15) is 10.5 Å². The maximum atomic E-state index is 13.4. The number of fused-ring (bicyclic) bond motifs is 1. The highest BCUT2D eigenvalue weighted by Gasteiger charge is 2.30. The summed E-state index contributed by atoms with van der Waals surface area (Å²) in [5.74, 6) is -4.16. The van der Waals surface area contributed by atoms with Gasteiger partial charge in [0.2, 0.25) is 0 Å². The Morgan fingerprint density at radius 1 is 0.617 bits per heavy atom. The summed E-state index contributed by atoms with van der Waals surface area (Å²) in [4.78, 5) is 45.3. The SMILES string of the molecule is Cc1ccc(S(=O)(=O)N(Cc2ccccc2)c2ccccc2C(=O)O)cc1.O=C(O)C(SC(C(=O)O)c1ccccc1)c1ccccc1.O=C(O)c1cc2ccccn2c1. The van der Waals surface area contributed by atoms with E-state index in [0.717, 1.165) is 32.7 Å². The number of carbonyl (C=O) groups is 4. The number of nitrogens with zero attached hydrogens (tertiary/aromatic N) is 2. The molecule has 7 aromatic rings. The van der Waals surface area contributed by atoms with E-state index in [2.05, 4.69) is 0 Å². The van der Waals surface area contributed by atoms with Crippen molar-refractivity contribution >= 4 is 56.9 Å². The Morgan fingerprint density at radius 2 is 1.12 bits per heavy atom. The molecule has 0 saturated heterocycles. The quantitative estimate of drug-likeness (QED) is 0.0866. The first kappa shape index (κ1) is 44.0. The Labute approximate surface area is 350 Å². The molecule has 0 aliphatic carbocycles. The molecule has 0 bridgehead atoms. The Hall–Kier alpha value is -7.16. The highest BCUT2D eigenvalue weighted by Crippen LogP contribution is 2.41. The molecule has 0 radical (unpaired) electrons. The molecule has 0 fully saturated rings. The molecule has 306 valence electrons. The summed E-state index contributed by atoms with van der Waals surface area (Å²) < 4.78 is 29.6. The van der Waals surface area contributed by atoms with Crippen LogP contribution in [0.25, 0.3) is 5.52 Å². The van der Waals surface area contributed by atoms with Gasteiger partial charge in [-0.1, -0.05) is 127 Å². The first-order valence-corrected chi connectivity index (χ1v) is 20.6. The number of benzene rings is 5. The fraction of sp³-hybridized carbons (Fsp3) is 0.0870. The minimum Gasteiger partial charge on any atom is -0.480 e. The van der Waals surface area contributed by atoms with Crippen molar-refractivity contribution in [2.45, 2.75) is 28.9 Å². The molecule has 0 aliphatic heterocycles. The van der Waals surface area contributed by atoms with Gasteiger partial charge < -0.3 is 24.8 Å². The van der Waals surface area contributed by atoms with Gasteiger partial charge >= 0.3 is 23.9 Å². The van der Waals surface area contributed by atoms with Crippen molar-refractivity contribution in [1.29, 1.82) is 0 Å². The molecule has 7 rings (SSSR count). The minimum absolute atomic E-state index is 0.0291. The number of hydrogen-bond acceptors (Lipinski definition) is 7. The van der Waals surface area contributed by atoms with Crippen molar-refractivity contribution in [3.63, 3.8) is 0 Å². The maximum Gasteiger partial charge on any atom is 0.337 e. The number of aromatic nitrogens is 1. The van der Waals surface area contributed by atoms with Crippen LogP contribution in [0.5, 0.6) is 0 Å². The van der Waals surface area contributed by atoms with Crippen LogP contribution >= 0.6 is 11.8 Å². The standard InChI is InChI=1S/C21H19NO4S.C16H14O4S.C9H7NO2/c1-16-11-13-18(14-12-16)27(25,26)22(15-17-7-3-2-4-8-17)20-10-6-5-9-19(20)21(23)24;17-15(18)13(11-7-3-1-4-8-11)21-14(16(19)20)12-9-5-2-6-10-12;11-9(12)7-5-8-3-1-2-4-10(8)6-7/h2-14H,15H2,1H3,(H,23,24);1-10,13-14H,(H,17,18)(H,19,20);1-6H,(H,11,12). The molecule has 5 aromatic carbocycles. The number of sulfonamides is 1. The third kappa shape index (κ3) is 11.5. The average molecular weight is 845 g/mol. The lowest BCUT2D eigenvalue weighted by atomic mass is 10.1. The molecular weight excluding hydrogens is 805 g/mol. The van der Waals surface area contributed by atoms with E-state index >= 15 is 0 Å². The third-order valence-corrected chi connectivity index (χ3v) is 12.1. The summed E-state index contributed by atoms with van der Waals surface area (Å²) in [6.07, 6.45) is 3.42. The molecule has 14 heteroatoms. The number of aliphatic carboxylic acids is 2. The molecule has 0 saturated carbocycles. The van der Waals surface area contributed by atoms with Gasteiger partial charge in [0.25, 0.3) is 10.0 Å². The summed E-state index contributed by atoms with van der Waals surface area (Å²) in [5, 5.41) is 35.1. The van der Waals surface area contributed by atoms with Crippen molar-refractivity contribution in [1.82, 2.24) is 4.40 Å². The second-order valence-electron chi connectivity index (χ2n) is 13.1. The van der Waals surface area contributed by atoms with Gasteiger partial charge in [-0.3, -0.25) is 13.9 Å². The molecule has 2 atom stereocenters. The zero-order valence-corrected chi connectivity index (χ0v) is 33.7. The van der Waals surface area contributed by atoms with Crippen molar-refractivity contribution in [2.24, 2.45) is 0 Å². The summed E-state index contributed by atoms with van der Waals surface area (Å²) in [6.45, 7) is 1.90. The van der Waals surface area contributed by atoms with Gasteiger partial charge in [0.15, 0.2) is 0 Å². The topological polar surface area (TPSA) is 191 Å². The second kappa shape index (κ2) is 20.5. The van der Waals surface area contributed by atoms with Crippen molar-refractivity contribution in [2.75, 3.05) is 4.31 Å². The van der Waals surface area contributed by atoms with Crippen molar-refractivity contribution in [3.05, 3.63) is 210 Å².